The van der Waals surface area contributed by atoms with E-state index in [9.17, 15) is 27.6 Å². The van der Waals surface area contributed by atoms with Crippen molar-refractivity contribution >= 4 is 35.4 Å². The number of carbonyl (C=O) groups is 3. The first kappa shape index (κ1) is 40.2. The van der Waals surface area contributed by atoms with Gasteiger partial charge in [-0.15, -0.1) is 0 Å². The Kier molecular flexibility index (Phi) is 11.7. The summed E-state index contributed by atoms with van der Waals surface area (Å²) in [5, 5.41) is 5.48. The third-order valence-corrected chi connectivity index (χ3v) is 9.99. The fraction of sp³-hybridized carbons (Fsp3) is 0.425. The first-order chi connectivity index (χ1) is 26.5. The van der Waals surface area contributed by atoms with E-state index >= 15 is 0 Å². The molecule has 1 fully saturated rings. The van der Waals surface area contributed by atoms with Crippen LogP contribution in [0.4, 0.5) is 40.1 Å². The highest BCUT2D eigenvalue weighted by Crippen LogP contribution is 2.35. The number of alkyl halides is 3. The predicted octanol–water partition coefficient (Wildman–Crippen LogP) is 6.58. The number of nitrogens with zero attached hydrogens (tertiary/aromatic N) is 6. The first-order valence-electron chi connectivity index (χ1n) is 18.7. The van der Waals surface area contributed by atoms with Gasteiger partial charge in [0.2, 0.25) is 5.95 Å². The summed E-state index contributed by atoms with van der Waals surface area (Å²) in [6, 6.07) is 12.1. The summed E-state index contributed by atoms with van der Waals surface area (Å²) in [5.41, 5.74) is 9.45. The number of nitrogens with one attached hydrogen (secondary N) is 2. The van der Waals surface area contributed by atoms with E-state index in [0.29, 0.717) is 55.0 Å². The van der Waals surface area contributed by atoms with Crippen molar-refractivity contribution in [3.05, 3.63) is 88.2 Å². The van der Waals surface area contributed by atoms with E-state index in [1.807, 2.05) is 28.6 Å². The number of likely N-dealkylation sites (N-methyl/N-ethyl adjacent to an activating group) is 1. The van der Waals surface area contributed by atoms with Gasteiger partial charge in [0.1, 0.15) is 5.60 Å². The zero-order valence-corrected chi connectivity index (χ0v) is 32.3. The summed E-state index contributed by atoms with van der Waals surface area (Å²) in [6.07, 6.45) is -2.11. The Morgan fingerprint density at radius 1 is 0.911 bits per heavy atom. The second kappa shape index (κ2) is 16.3. The molecular formula is C40H48F3N9O4. The molecule has 0 bridgehead atoms. The van der Waals surface area contributed by atoms with Gasteiger partial charge in [-0.3, -0.25) is 9.69 Å². The van der Waals surface area contributed by atoms with E-state index in [0.717, 1.165) is 47.4 Å². The second-order valence-electron chi connectivity index (χ2n) is 15.1. The van der Waals surface area contributed by atoms with E-state index in [-0.39, 0.29) is 30.3 Å². The zero-order chi connectivity index (χ0) is 40.4. The normalized spacial score (nSPS) is 15.4. The largest absolute Gasteiger partial charge is 0.443 e. The van der Waals surface area contributed by atoms with E-state index < -0.39 is 35.4 Å². The van der Waals surface area contributed by atoms with Crippen molar-refractivity contribution in [3.63, 3.8) is 0 Å². The highest BCUT2D eigenvalue weighted by Gasteiger charge is 2.36. The molecule has 298 valence electrons. The molecule has 0 radical (unpaired) electrons. The average Bonchev–Trinajstić information content (AvgIpc) is 3.47. The predicted molar refractivity (Wildman–Crippen MR) is 207 cm³/mol. The van der Waals surface area contributed by atoms with Crippen LogP contribution < -0.4 is 16.4 Å². The molecule has 0 aliphatic carbocycles. The lowest BCUT2D eigenvalue weighted by Gasteiger charge is -2.34. The highest BCUT2D eigenvalue weighted by molar-refractivity contribution is 6.05. The Morgan fingerprint density at radius 2 is 1.61 bits per heavy atom. The molecule has 6 rings (SSSR count). The third kappa shape index (κ3) is 9.48. The van der Waals surface area contributed by atoms with Gasteiger partial charge in [-0.05, 0) is 93.2 Å². The molecule has 13 nitrogen and oxygen atoms in total. The van der Waals surface area contributed by atoms with E-state index in [2.05, 4.69) is 32.4 Å². The van der Waals surface area contributed by atoms with E-state index in [1.165, 1.54) is 12.1 Å². The van der Waals surface area contributed by atoms with Gasteiger partial charge in [0.25, 0.3) is 5.91 Å². The summed E-state index contributed by atoms with van der Waals surface area (Å²) < 4.78 is 49.1. The van der Waals surface area contributed by atoms with Crippen LogP contribution in [0.5, 0.6) is 0 Å². The van der Waals surface area contributed by atoms with Crippen LogP contribution in [0, 0.1) is 0 Å². The Labute approximate surface area is 324 Å². The molecule has 2 aliphatic rings. The number of halogens is 3. The number of rotatable bonds is 9. The maximum atomic E-state index is 13.9. The van der Waals surface area contributed by atoms with Crippen LogP contribution in [-0.2, 0) is 43.8 Å². The number of benzene rings is 2. The number of aromatic nitrogens is 3. The fourth-order valence-corrected chi connectivity index (χ4v) is 7.10. The van der Waals surface area contributed by atoms with E-state index in [4.69, 9.17) is 10.5 Å². The molecule has 2 aromatic carbocycles. The second-order valence-corrected chi connectivity index (χ2v) is 15.1. The van der Waals surface area contributed by atoms with Gasteiger partial charge in [-0.1, -0.05) is 19.1 Å². The van der Waals surface area contributed by atoms with Crippen LogP contribution >= 0.6 is 0 Å². The van der Waals surface area contributed by atoms with Crippen LogP contribution in [0.3, 0.4) is 0 Å². The monoisotopic (exact) mass is 775 g/mol. The standard InChI is InChI=1S/C40H48F3N9O4/c1-6-50-16-18-51(19-17-50)24-27-21-29(12-13-31(27)40(41,42)43)47-37(54)46-28-9-7-8-25(20-28)10-11-26-23-45-36(44)48-34(26)33-22-30-32(49(33)5)14-15-52(35(30)53)38(55)56-39(2,3)4/h7-9,12-13,20-23H,6,10-11,14-19,24H2,1-5H3,(H2,44,45,48)(H2,46,47,54). The van der Waals surface area contributed by atoms with Crippen molar-refractivity contribution in [1.82, 2.24) is 29.2 Å². The minimum Gasteiger partial charge on any atom is -0.443 e. The Balaban J connectivity index is 1.13. The number of nitrogens with two attached hydrogens (primary N) is 1. The number of carbonyl (C=O) groups excluding carboxylic acids is 3. The Hall–Kier alpha value is -5.48. The van der Waals surface area contributed by atoms with Crippen molar-refractivity contribution < 1.29 is 32.3 Å². The molecular weight excluding hydrogens is 727 g/mol. The van der Waals surface area contributed by atoms with Crippen molar-refractivity contribution in [3.8, 4) is 11.4 Å². The summed E-state index contributed by atoms with van der Waals surface area (Å²) in [5.74, 6) is -0.379. The Morgan fingerprint density at radius 3 is 2.29 bits per heavy atom. The molecule has 1 saturated heterocycles. The number of imide groups is 1. The lowest BCUT2D eigenvalue weighted by molar-refractivity contribution is -0.138. The number of piperazine rings is 1. The van der Waals surface area contributed by atoms with Crippen LogP contribution in [0.1, 0.15) is 66.0 Å². The molecule has 0 spiro atoms. The number of amides is 4. The van der Waals surface area contributed by atoms with Gasteiger partial charge >= 0.3 is 18.3 Å². The summed E-state index contributed by atoms with van der Waals surface area (Å²) >= 11 is 0. The summed E-state index contributed by atoms with van der Waals surface area (Å²) in [7, 11) is 1.84. The van der Waals surface area contributed by atoms with Gasteiger partial charge in [0, 0.05) is 76.0 Å². The van der Waals surface area contributed by atoms with Gasteiger partial charge < -0.3 is 30.6 Å². The molecule has 0 atom stereocenters. The van der Waals surface area contributed by atoms with E-state index in [1.54, 1.807) is 45.2 Å². The molecule has 2 aliphatic heterocycles. The van der Waals surface area contributed by atoms with Gasteiger partial charge in [0.15, 0.2) is 0 Å². The Bertz CT molecular complexity index is 2100. The smallest absolute Gasteiger partial charge is 0.417 e. The lowest BCUT2D eigenvalue weighted by Crippen LogP contribution is -2.45. The van der Waals surface area contributed by atoms with Gasteiger partial charge in [0.05, 0.1) is 22.5 Å². The number of nitrogen functional groups attached to an aromatic ring is 1. The zero-order valence-electron chi connectivity index (χ0n) is 32.3. The van der Waals surface area contributed by atoms with Crippen LogP contribution in [0.2, 0.25) is 0 Å². The SMILES string of the molecule is CCN1CCN(Cc2cc(NC(=O)Nc3cccc(CCc4cnc(N)nc4-c4cc5c(n4C)CCN(C(=O)OC(C)(C)C)C5=O)c3)ccc2C(F)(F)F)CC1. The maximum absolute atomic E-state index is 13.9. The summed E-state index contributed by atoms with van der Waals surface area (Å²) in [4.78, 5) is 53.4. The molecule has 4 heterocycles. The lowest BCUT2D eigenvalue weighted by atomic mass is 10.0. The van der Waals surface area contributed by atoms with Crippen LogP contribution in [0.25, 0.3) is 11.4 Å². The molecule has 2 aromatic heterocycles. The minimum atomic E-state index is -4.52. The molecule has 4 N–H and O–H groups in total. The molecule has 16 heteroatoms. The quantitative estimate of drug-likeness (QED) is 0.171. The van der Waals surface area contributed by atoms with Crippen molar-refractivity contribution in [2.75, 3.05) is 55.6 Å². The number of hydrogen-bond donors (Lipinski definition) is 3. The molecule has 4 amide bonds. The van der Waals surface area contributed by atoms with Crippen LogP contribution in [-0.4, -0.2) is 92.1 Å². The topological polar surface area (TPSA) is 151 Å². The molecule has 4 aromatic rings. The van der Waals surface area contributed by atoms with Crippen LogP contribution in [0.15, 0.2) is 54.7 Å². The molecule has 0 saturated carbocycles. The average molecular weight is 776 g/mol. The third-order valence-electron chi connectivity index (χ3n) is 9.99. The van der Waals surface area contributed by atoms with Gasteiger partial charge in [-0.2, -0.15) is 13.2 Å². The number of aryl methyl sites for hydroxylation is 2. The first-order valence-corrected chi connectivity index (χ1v) is 18.7. The minimum absolute atomic E-state index is 0.0665. The highest BCUT2D eigenvalue weighted by atomic mass is 19.4. The maximum Gasteiger partial charge on any atom is 0.417 e. The number of ether oxygens (including phenoxy) is 1. The van der Waals surface area contributed by atoms with Gasteiger partial charge in [-0.25, -0.2) is 24.5 Å². The number of hydrogen-bond acceptors (Lipinski definition) is 9. The van der Waals surface area contributed by atoms with Crippen molar-refractivity contribution in [2.24, 2.45) is 7.05 Å². The van der Waals surface area contributed by atoms with Crippen molar-refractivity contribution in [1.29, 1.82) is 0 Å². The number of urea groups is 1. The number of anilines is 3. The fourth-order valence-electron chi connectivity index (χ4n) is 7.10. The molecule has 0 unspecified atom stereocenters. The molecule has 56 heavy (non-hydrogen) atoms. The van der Waals surface area contributed by atoms with Crippen molar-refractivity contribution in [2.45, 2.75) is 65.3 Å². The number of fused-ring (bicyclic) bond motifs is 1. The summed E-state index contributed by atoms with van der Waals surface area (Å²) in [6.45, 7) is 11.4.